The zero-order valence-corrected chi connectivity index (χ0v) is 15.1. The summed E-state index contributed by atoms with van der Waals surface area (Å²) in [6.45, 7) is 1.38. The molecule has 6 nitrogen and oxygen atoms in total. The van der Waals surface area contributed by atoms with Gasteiger partial charge < -0.3 is 14.2 Å². The molecule has 3 aromatic rings. The number of aromatic nitrogens is 1. The summed E-state index contributed by atoms with van der Waals surface area (Å²) in [5.41, 5.74) is 0.0474. The predicted octanol–water partition coefficient (Wildman–Crippen LogP) is 3.68. The molecule has 1 aliphatic heterocycles. The van der Waals surface area contributed by atoms with Crippen LogP contribution in [-0.2, 0) is 6.18 Å². The van der Waals surface area contributed by atoms with Gasteiger partial charge in [-0.05, 0) is 36.4 Å². The molecule has 0 saturated carbocycles. The van der Waals surface area contributed by atoms with Crippen LogP contribution >= 0.6 is 0 Å². The van der Waals surface area contributed by atoms with Gasteiger partial charge >= 0.3 is 6.18 Å². The van der Waals surface area contributed by atoms with Gasteiger partial charge in [-0.3, -0.25) is 4.79 Å². The largest absolute Gasteiger partial charge is 0.451 e. The molecule has 1 fully saturated rings. The van der Waals surface area contributed by atoms with Crippen LogP contribution in [0.15, 0.2) is 46.9 Å². The number of carbonyl (C=O) groups excluding carboxylic acids is 1. The van der Waals surface area contributed by atoms with Crippen molar-refractivity contribution in [3.63, 3.8) is 0 Å². The summed E-state index contributed by atoms with van der Waals surface area (Å²) < 4.78 is 44.2. The van der Waals surface area contributed by atoms with E-state index >= 15 is 0 Å². The highest BCUT2D eigenvalue weighted by molar-refractivity contribution is 5.96. The number of halogens is 3. The summed E-state index contributed by atoms with van der Waals surface area (Å²) in [5, 5.41) is 9.64. The number of nitrogens with zero attached hydrogens (tertiary/aromatic N) is 4. The molecule has 0 bridgehead atoms. The average Bonchev–Trinajstić information content (AvgIpc) is 3.16. The SMILES string of the molecule is N#Cc1ccc2oc(C(=O)N3CCN(c4cccc(C(F)(F)F)n4)CC3)cc2c1. The summed E-state index contributed by atoms with van der Waals surface area (Å²) in [6.07, 6.45) is -4.50. The highest BCUT2D eigenvalue weighted by atomic mass is 19.4. The van der Waals surface area contributed by atoms with E-state index in [9.17, 15) is 18.0 Å². The number of pyridine rings is 1. The minimum Gasteiger partial charge on any atom is -0.451 e. The van der Waals surface area contributed by atoms with Gasteiger partial charge in [0.25, 0.3) is 5.91 Å². The number of alkyl halides is 3. The molecule has 3 heterocycles. The number of hydrogen-bond donors (Lipinski definition) is 0. The Morgan fingerprint density at radius 3 is 2.55 bits per heavy atom. The Morgan fingerprint density at radius 2 is 1.86 bits per heavy atom. The number of benzene rings is 1. The van der Waals surface area contributed by atoms with Crippen LogP contribution in [0.5, 0.6) is 0 Å². The first kappa shape index (κ1) is 18.8. The molecule has 0 atom stereocenters. The average molecular weight is 400 g/mol. The van der Waals surface area contributed by atoms with Gasteiger partial charge in [-0.25, -0.2) is 4.98 Å². The molecular formula is C20H15F3N4O2. The lowest BCUT2D eigenvalue weighted by Gasteiger charge is -2.35. The van der Waals surface area contributed by atoms with E-state index in [0.29, 0.717) is 42.7 Å². The van der Waals surface area contributed by atoms with Crippen molar-refractivity contribution < 1.29 is 22.4 Å². The highest BCUT2D eigenvalue weighted by Gasteiger charge is 2.33. The van der Waals surface area contributed by atoms with E-state index in [2.05, 4.69) is 4.98 Å². The van der Waals surface area contributed by atoms with Crippen LogP contribution < -0.4 is 4.90 Å². The van der Waals surface area contributed by atoms with Gasteiger partial charge in [0.15, 0.2) is 5.76 Å². The van der Waals surface area contributed by atoms with Crippen molar-refractivity contribution >= 4 is 22.7 Å². The second-order valence-corrected chi connectivity index (χ2v) is 6.63. The van der Waals surface area contributed by atoms with Crippen molar-refractivity contribution in [3.8, 4) is 6.07 Å². The fourth-order valence-electron chi connectivity index (χ4n) is 3.27. The quantitative estimate of drug-likeness (QED) is 0.656. The molecule has 1 amide bonds. The van der Waals surface area contributed by atoms with Crippen LogP contribution in [0.2, 0.25) is 0 Å². The lowest BCUT2D eigenvalue weighted by atomic mass is 10.2. The maximum Gasteiger partial charge on any atom is 0.433 e. The highest BCUT2D eigenvalue weighted by Crippen LogP contribution is 2.29. The van der Waals surface area contributed by atoms with Gasteiger partial charge in [-0.15, -0.1) is 0 Å². The molecule has 0 N–H and O–H groups in total. The lowest BCUT2D eigenvalue weighted by Crippen LogP contribution is -2.49. The first-order valence-corrected chi connectivity index (χ1v) is 8.87. The standard InChI is InChI=1S/C20H15F3N4O2/c21-20(22,23)17-2-1-3-18(25-17)26-6-8-27(9-7-26)19(28)16-11-14-10-13(12-24)4-5-15(14)29-16/h1-5,10-11H,6-9H2. The number of rotatable bonds is 2. The van der Waals surface area contributed by atoms with E-state index in [-0.39, 0.29) is 17.5 Å². The number of anilines is 1. The number of amides is 1. The zero-order valence-electron chi connectivity index (χ0n) is 15.1. The van der Waals surface area contributed by atoms with Crippen LogP contribution in [0.4, 0.5) is 19.0 Å². The Kier molecular flexibility index (Phi) is 4.62. The molecule has 29 heavy (non-hydrogen) atoms. The summed E-state index contributed by atoms with van der Waals surface area (Å²) in [5.74, 6) is 0.108. The molecule has 0 aliphatic carbocycles. The lowest BCUT2D eigenvalue weighted by molar-refractivity contribution is -0.141. The first-order valence-electron chi connectivity index (χ1n) is 8.87. The van der Waals surface area contributed by atoms with Gasteiger partial charge in [0.05, 0.1) is 11.6 Å². The van der Waals surface area contributed by atoms with Crippen LogP contribution in [0.25, 0.3) is 11.0 Å². The number of hydrogen-bond acceptors (Lipinski definition) is 5. The Bertz CT molecular complexity index is 1110. The van der Waals surface area contributed by atoms with Crippen molar-refractivity contribution in [2.75, 3.05) is 31.1 Å². The molecule has 1 aliphatic rings. The van der Waals surface area contributed by atoms with Crippen molar-refractivity contribution in [1.82, 2.24) is 9.88 Å². The fraction of sp³-hybridized carbons (Fsp3) is 0.250. The Hall–Kier alpha value is -3.54. The third kappa shape index (κ3) is 3.74. The molecule has 4 rings (SSSR count). The Morgan fingerprint density at radius 1 is 1.10 bits per heavy atom. The molecule has 1 aromatic carbocycles. The van der Waals surface area contributed by atoms with Crippen molar-refractivity contribution in [3.05, 3.63) is 59.5 Å². The maximum absolute atomic E-state index is 12.9. The number of nitriles is 1. The van der Waals surface area contributed by atoms with Gasteiger partial charge in [0.2, 0.25) is 0 Å². The normalized spacial score (nSPS) is 14.8. The third-order valence-electron chi connectivity index (χ3n) is 4.77. The van der Waals surface area contributed by atoms with E-state index in [1.54, 1.807) is 34.1 Å². The summed E-state index contributed by atoms with van der Waals surface area (Å²) in [7, 11) is 0. The van der Waals surface area contributed by atoms with Gasteiger partial charge in [0, 0.05) is 31.6 Å². The minimum absolute atomic E-state index is 0.167. The van der Waals surface area contributed by atoms with E-state index in [0.717, 1.165) is 6.07 Å². The predicted molar refractivity (Wildman–Crippen MR) is 98.3 cm³/mol. The van der Waals surface area contributed by atoms with Gasteiger partial charge in [-0.2, -0.15) is 18.4 Å². The molecule has 0 radical (unpaired) electrons. The van der Waals surface area contributed by atoms with Gasteiger partial charge in [0.1, 0.15) is 17.1 Å². The molecule has 1 saturated heterocycles. The third-order valence-corrected chi connectivity index (χ3v) is 4.77. The molecule has 2 aromatic heterocycles. The van der Waals surface area contributed by atoms with E-state index in [1.807, 2.05) is 6.07 Å². The van der Waals surface area contributed by atoms with Crippen LogP contribution in [0, 0.1) is 11.3 Å². The molecule has 9 heteroatoms. The molecule has 148 valence electrons. The number of carbonyl (C=O) groups is 1. The van der Waals surface area contributed by atoms with Gasteiger partial charge in [-0.1, -0.05) is 6.07 Å². The number of furan rings is 1. The second-order valence-electron chi connectivity index (χ2n) is 6.63. The molecule has 0 unspecified atom stereocenters. The fourth-order valence-corrected chi connectivity index (χ4v) is 3.27. The van der Waals surface area contributed by atoms with Crippen LogP contribution in [-0.4, -0.2) is 42.0 Å². The van der Waals surface area contributed by atoms with E-state index in [4.69, 9.17) is 9.68 Å². The summed E-state index contributed by atoms with van der Waals surface area (Å²) in [4.78, 5) is 19.7. The first-order chi connectivity index (χ1) is 13.8. The van der Waals surface area contributed by atoms with Crippen molar-refractivity contribution in [1.29, 1.82) is 5.26 Å². The van der Waals surface area contributed by atoms with E-state index < -0.39 is 11.9 Å². The second kappa shape index (κ2) is 7.13. The van der Waals surface area contributed by atoms with Crippen LogP contribution in [0.3, 0.4) is 0 Å². The summed E-state index contributed by atoms with van der Waals surface area (Å²) >= 11 is 0. The van der Waals surface area contributed by atoms with Crippen molar-refractivity contribution in [2.45, 2.75) is 6.18 Å². The van der Waals surface area contributed by atoms with E-state index in [1.165, 1.54) is 12.1 Å². The monoisotopic (exact) mass is 400 g/mol. The number of piperazine rings is 1. The molecule has 0 spiro atoms. The number of fused-ring (bicyclic) bond motifs is 1. The molecular weight excluding hydrogens is 385 g/mol. The Labute approximate surface area is 163 Å². The Balaban J connectivity index is 1.46. The van der Waals surface area contributed by atoms with Crippen molar-refractivity contribution in [2.24, 2.45) is 0 Å². The smallest absolute Gasteiger partial charge is 0.433 e. The van der Waals surface area contributed by atoms with Crippen LogP contribution in [0.1, 0.15) is 21.8 Å². The zero-order chi connectivity index (χ0) is 20.6. The maximum atomic E-state index is 12.9. The topological polar surface area (TPSA) is 73.4 Å². The minimum atomic E-state index is -4.50. The summed E-state index contributed by atoms with van der Waals surface area (Å²) in [6, 6.07) is 12.3.